The average molecular weight is 282 g/mol. The number of alkyl halides is 2. The summed E-state index contributed by atoms with van der Waals surface area (Å²) in [6.45, 7) is 2.77. The number of nitrogens with zero attached hydrogens (tertiary/aromatic N) is 2. The number of hydrogen-bond acceptors (Lipinski definition) is 3. The smallest absolute Gasteiger partial charge is 0.270 e. The lowest BCUT2D eigenvalue weighted by atomic mass is 10.1. The molecule has 0 radical (unpaired) electrons. The van der Waals surface area contributed by atoms with E-state index < -0.39 is 23.3 Å². The Hall–Kier alpha value is -2.31. The fourth-order valence-electron chi connectivity index (χ4n) is 2.07. The van der Waals surface area contributed by atoms with E-state index >= 15 is 0 Å². The molecule has 0 saturated carbocycles. The Morgan fingerprint density at radius 3 is 2.65 bits per heavy atom. The van der Waals surface area contributed by atoms with Gasteiger partial charge in [-0.1, -0.05) is 12.7 Å². The van der Waals surface area contributed by atoms with Crippen LogP contribution in [0.25, 0.3) is 6.08 Å². The molecule has 1 aliphatic heterocycles. The van der Waals surface area contributed by atoms with Gasteiger partial charge in [-0.15, -0.1) is 0 Å². The quantitative estimate of drug-likeness (QED) is 0.632. The number of nitro benzene ring substituents is 1. The second kappa shape index (κ2) is 4.99. The first-order valence-electron chi connectivity index (χ1n) is 5.91. The summed E-state index contributed by atoms with van der Waals surface area (Å²) in [6, 6.07) is 3.76. The molecule has 0 bridgehead atoms. The standard InChI is InChI=1S/C13H12F2N2O3/c1-2-9-5-10(7-11(6-9)17(19)20)12(18)16-4-3-13(14,15)8-16/h2,5-7H,1,3-4,8H2. The number of likely N-dealkylation sites (tertiary alicyclic amines) is 1. The summed E-state index contributed by atoms with van der Waals surface area (Å²) >= 11 is 0. The van der Waals surface area contributed by atoms with Gasteiger partial charge in [0.25, 0.3) is 17.5 Å². The third-order valence-corrected chi connectivity index (χ3v) is 3.09. The Kier molecular flexibility index (Phi) is 3.52. The summed E-state index contributed by atoms with van der Waals surface area (Å²) in [7, 11) is 0. The van der Waals surface area contributed by atoms with Gasteiger partial charge in [0, 0.05) is 30.7 Å². The maximum atomic E-state index is 13.1. The van der Waals surface area contributed by atoms with Crippen LogP contribution in [-0.2, 0) is 0 Å². The lowest BCUT2D eigenvalue weighted by Gasteiger charge is -2.16. The van der Waals surface area contributed by atoms with Crippen LogP contribution in [0.4, 0.5) is 14.5 Å². The molecule has 5 nitrogen and oxygen atoms in total. The molecule has 106 valence electrons. The van der Waals surface area contributed by atoms with E-state index in [1.54, 1.807) is 0 Å². The lowest BCUT2D eigenvalue weighted by molar-refractivity contribution is -0.384. The predicted molar refractivity (Wildman–Crippen MR) is 68.7 cm³/mol. The van der Waals surface area contributed by atoms with E-state index in [1.807, 2.05) is 0 Å². The van der Waals surface area contributed by atoms with E-state index in [2.05, 4.69) is 6.58 Å². The summed E-state index contributed by atoms with van der Waals surface area (Å²) in [5.74, 6) is -3.52. The zero-order valence-corrected chi connectivity index (χ0v) is 10.5. The molecule has 7 heteroatoms. The maximum Gasteiger partial charge on any atom is 0.270 e. The van der Waals surface area contributed by atoms with Crippen LogP contribution in [0, 0.1) is 10.1 Å². The molecule has 0 unspecified atom stereocenters. The van der Waals surface area contributed by atoms with Gasteiger partial charge in [-0.25, -0.2) is 8.78 Å². The normalized spacial score (nSPS) is 17.0. The van der Waals surface area contributed by atoms with Crippen molar-refractivity contribution in [2.24, 2.45) is 0 Å². The van der Waals surface area contributed by atoms with Crippen molar-refractivity contribution >= 4 is 17.7 Å². The molecule has 1 fully saturated rings. The molecule has 0 spiro atoms. The first kappa shape index (κ1) is 14.1. The highest BCUT2D eigenvalue weighted by atomic mass is 19.3. The van der Waals surface area contributed by atoms with Crippen molar-refractivity contribution in [2.75, 3.05) is 13.1 Å². The summed E-state index contributed by atoms with van der Waals surface area (Å²) in [5, 5.41) is 10.8. The molecule has 1 aromatic carbocycles. The van der Waals surface area contributed by atoms with Gasteiger partial charge in [0.05, 0.1) is 11.5 Å². The number of nitro groups is 1. The Morgan fingerprint density at radius 1 is 1.45 bits per heavy atom. The van der Waals surface area contributed by atoms with Gasteiger partial charge in [0.15, 0.2) is 0 Å². The molecule has 1 aromatic rings. The number of amides is 1. The molecule has 0 atom stereocenters. The van der Waals surface area contributed by atoms with Gasteiger partial charge in [0.2, 0.25) is 0 Å². The number of carbonyl (C=O) groups is 1. The average Bonchev–Trinajstić information content (AvgIpc) is 2.77. The molecule has 1 aliphatic rings. The summed E-state index contributed by atoms with van der Waals surface area (Å²) in [5.41, 5.74) is 0.150. The number of benzene rings is 1. The third-order valence-electron chi connectivity index (χ3n) is 3.09. The topological polar surface area (TPSA) is 63.5 Å². The molecule has 1 heterocycles. The monoisotopic (exact) mass is 282 g/mol. The first-order valence-corrected chi connectivity index (χ1v) is 5.91. The van der Waals surface area contributed by atoms with E-state index in [9.17, 15) is 23.7 Å². The van der Waals surface area contributed by atoms with Gasteiger partial charge in [-0.05, 0) is 11.6 Å². The SMILES string of the molecule is C=Cc1cc(C(=O)N2CCC(F)(F)C2)cc([N+](=O)[O-])c1. The number of halogens is 2. The fraction of sp³-hybridized carbons (Fsp3) is 0.308. The zero-order chi connectivity index (χ0) is 14.9. The van der Waals surface area contributed by atoms with Crippen LogP contribution in [0.1, 0.15) is 22.3 Å². The largest absolute Gasteiger partial charge is 0.332 e. The van der Waals surface area contributed by atoms with Gasteiger partial charge < -0.3 is 4.90 Å². The van der Waals surface area contributed by atoms with Crippen LogP contribution >= 0.6 is 0 Å². The molecular weight excluding hydrogens is 270 g/mol. The maximum absolute atomic E-state index is 13.1. The highest BCUT2D eigenvalue weighted by molar-refractivity contribution is 5.95. The lowest BCUT2D eigenvalue weighted by Crippen LogP contribution is -2.31. The molecular formula is C13H12F2N2O3. The minimum atomic E-state index is -2.89. The van der Waals surface area contributed by atoms with E-state index in [-0.39, 0.29) is 24.2 Å². The fourth-order valence-corrected chi connectivity index (χ4v) is 2.07. The van der Waals surface area contributed by atoms with E-state index in [4.69, 9.17) is 0 Å². The predicted octanol–water partition coefficient (Wildman–Crippen LogP) is 2.72. The van der Waals surface area contributed by atoms with Crippen LogP contribution in [0.15, 0.2) is 24.8 Å². The zero-order valence-electron chi connectivity index (χ0n) is 10.5. The number of carbonyl (C=O) groups excluding carboxylic acids is 1. The van der Waals surface area contributed by atoms with Crippen LogP contribution in [-0.4, -0.2) is 34.7 Å². The molecule has 2 rings (SSSR count). The Bertz CT molecular complexity index is 587. The van der Waals surface area contributed by atoms with Crippen molar-refractivity contribution in [1.82, 2.24) is 4.90 Å². The second-order valence-electron chi connectivity index (χ2n) is 4.61. The minimum Gasteiger partial charge on any atom is -0.332 e. The Morgan fingerprint density at radius 2 is 2.15 bits per heavy atom. The second-order valence-corrected chi connectivity index (χ2v) is 4.61. The van der Waals surface area contributed by atoms with Crippen molar-refractivity contribution in [3.63, 3.8) is 0 Å². The van der Waals surface area contributed by atoms with Gasteiger partial charge in [-0.2, -0.15) is 0 Å². The van der Waals surface area contributed by atoms with E-state index in [1.165, 1.54) is 18.2 Å². The minimum absolute atomic E-state index is 0.0202. The number of non-ortho nitro benzene ring substituents is 1. The summed E-state index contributed by atoms with van der Waals surface area (Å²) in [4.78, 5) is 23.3. The highest BCUT2D eigenvalue weighted by Crippen LogP contribution is 2.28. The Balaban J connectivity index is 2.32. The molecule has 1 saturated heterocycles. The van der Waals surface area contributed by atoms with Crippen LogP contribution in [0.3, 0.4) is 0 Å². The molecule has 0 aliphatic carbocycles. The van der Waals surface area contributed by atoms with Crippen LogP contribution < -0.4 is 0 Å². The first-order chi connectivity index (χ1) is 9.32. The van der Waals surface area contributed by atoms with Crippen LogP contribution in [0.5, 0.6) is 0 Å². The Labute approximate surface area is 113 Å². The molecule has 0 aromatic heterocycles. The number of rotatable bonds is 3. The molecule has 0 N–H and O–H groups in total. The van der Waals surface area contributed by atoms with Gasteiger partial charge in [-0.3, -0.25) is 14.9 Å². The van der Waals surface area contributed by atoms with Crippen molar-refractivity contribution < 1.29 is 18.5 Å². The molecule has 1 amide bonds. The van der Waals surface area contributed by atoms with Crippen molar-refractivity contribution in [1.29, 1.82) is 0 Å². The number of hydrogen-bond donors (Lipinski definition) is 0. The highest BCUT2D eigenvalue weighted by Gasteiger charge is 2.40. The van der Waals surface area contributed by atoms with Crippen molar-refractivity contribution in [3.05, 3.63) is 46.0 Å². The summed E-state index contributed by atoms with van der Waals surface area (Å²) in [6.07, 6.45) is 0.977. The van der Waals surface area contributed by atoms with Crippen molar-refractivity contribution in [2.45, 2.75) is 12.3 Å². The van der Waals surface area contributed by atoms with Crippen LogP contribution in [0.2, 0.25) is 0 Å². The summed E-state index contributed by atoms with van der Waals surface area (Å²) < 4.78 is 26.2. The van der Waals surface area contributed by atoms with E-state index in [0.717, 1.165) is 11.0 Å². The van der Waals surface area contributed by atoms with Gasteiger partial charge >= 0.3 is 0 Å². The van der Waals surface area contributed by atoms with E-state index in [0.29, 0.717) is 5.56 Å². The van der Waals surface area contributed by atoms with Gasteiger partial charge in [0.1, 0.15) is 0 Å². The third kappa shape index (κ3) is 2.81. The molecule has 20 heavy (non-hydrogen) atoms. The van der Waals surface area contributed by atoms with Crippen molar-refractivity contribution in [3.8, 4) is 0 Å².